The van der Waals surface area contributed by atoms with Gasteiger partial charge in [-0.3, -0.25) is 4.79 Å². The number of ether oxygens (including phenoxy) is 2. The molecule has 3 aromatic carbocycles. The van der Waals surface area contributed by atoms with Crippen molar-refractivity contribution in [3.63, 3.8) is 0 Å². The highest BCUT2D eigenvalue weighted by atomic mass is 32.2. The van der Waals surface area contributed by atoms with Gasteiger partial charge >= 0.3 is 5.97 Å². The first-order chi connectivity index (χ1) is 16.4. The quantitative estimate of drug-likeness (QED) is 0.304. The first-order valence-corrected chi connectivity index (χ1v) is 11.5. The van der Waals surface area contributed by atoms with Crippen molar-refractivity contribution >= 4 is 27.5 Å². The van der Waals surface area contributed by atoms with Gasteiger partial charge in [0, 0.05) is 11.1 Å². The maximum Gasteiger partial charge on any atom is 0.347 e. The van der Waals surface area contributed by atoms with E-state index in [1.807, 2.05) is 0 Å². The standard InChI is InChI=1S/C25H18N2O6S/c1-32-20-13-7-5-11-18(20)25(29)33-24-19-12-6-8-14-21(19)34(30,31)27(16-15-26)22(24)23(28)17-9-3-2-4-10-17/h2-14H,16H2,1H3. The molecule has 1 aliphatic rings. The number of ketones is 1. The van der Waals surface area contributed by atoms with E-state index >= 15 is 0 Å². The van der Waals surface area contributed by atoms with Crippen molar-refractivity contribution < 1.29 is 27.5 Å². The molecule has 9 heteroatoms. The van der Waals surface area contributed by atoms with Gasteiger partial charge in [0.05, 0.1) is 18.1 Å². The van der Waals surface area contributed by atoms with E-state index in [9.17, 15) is 23.3 Å². The molecule has 0 aromatic heterocycles. The number of nitriles is 1. The summed E-state index contributed by atoms with van der Waals surface area (Å²) in [6, 6.07) is 21.9. The molecule has 0 unspecified atom stereocenters. The second-order valence-electron chi connectivity index (χ2n) is 7.13. The topological polar surface area (TPSA) is 114 Å². The Balaban J connectivity index is 1.97. The van der Waals surface area contributed by atoms with Gasteiger partial charge in [-0.05, 0) is 24.3 Å². The van der Waals surface area contributed by atoms with Crippen molar-refractivity contribution in [2.45, 2.75) is 4.90 Å². The van der Waals surface area contributed by atoms with E-state index in [2.05, 4.69) is 0 Å². The number of rotatable bonds is 6. The average Bonchev–Trinajstić information content (AvgIpc) is 2.87. The molecule has 8 nitrogen and oxygen atoms in total. The lowest BCUT2D eigenvalue weighted by atomic mass is 10.0. The van der Waals surface area contributed by atoms with Crippen LogP contribution in [0, 0.1) is 11.3 Å². The zero-order valence-corrected chi connectivity index (χ0v) is 18.8. The van der Waals surface area contributed by atoms with Crippen LogP contribution < -0.4 is 4.74 Å². The van der Waals surface area contributed by atoms with Crippen molar-refractivity contribution in [3.05, 3.63) is 101 Å². The summed E-state index contributed by atoms with van der Waals surface area (Å²) in [5.74, 6) is -1.58. The zero-order chi connectivity index (χ0) is 24.3. The number of para-hydroxylation sites is 1. The van der Waals surface area contributed by atoms with E-state index in [0.717, 1.165) is 0 Å². The molecule has 1 heterocycles. The Morgan fingerprint density at radius 2 is 1.59 bits per heavy atom. The molecule has 0 N–H and O–H groups in total. The highest BCUT2D eigenvalue weighted by Crippen LogP contribution is 2.39. The largest absolute Gasteiger partial charge is 0.496 e. The van der Waals surface area contributed by atoms with Crippen LogP contribution in [-0.4, -0.2) is 38.1 Å². The average molecular weight is 474 g/mol. The maximum atomic E-state index is 13.5. The first kappa shape index (κ1) is 22.8. The number of benzene rings is 3. The molecule has 0 atom stereocenters. The Labute approximate surface area is 196 Å². The van der Waals surface area contributed by atoms with Crippen LogP contribution in [-0.2, 0) is 14.8 Å². The van der Waals surface area contributed by atoms with Gasteiger partial charge in [0.25, 0.3) is 10.0 Å². The Kier molecular flexibility index (Phi) is 6.17. The fourth-order valence-electron chi connectivity index (χ4n) is 3.59. The predicted octanol–water partition coefficient (Wildman–Crippen LogP) is 3.63. The van der Waals surface area contributed by atoms with Gasteiger partial charge in [0.15, 0.2) is 5.76 Å². The number of hydrogen-bond acceptors (Lipinski definition) is 7. The Morgan fingerprint density at radius 1 is 0.941 bits per heavy atom. The minimum atomic E-state index is -4.28. The number of allylic oxidation sites excluding steroid dienone is 1. The van der Waals surface area contributed by atoms with E-state index in [0.29, 0.717) is 4.31 Å². The third-order valence-electron chi connectivity index (χ3n) is 5.15. The number of carbonyl (C=O) groups excluding carboxylic acids is 2. The lowest BCUT2D eigenvalue weighted by Gasteiger charge is -2.31. The Morgan fingerprint density at radius 3 is 2.29 bits per heavy atom. The molecular weight excluding hydrogens is 456 g/mol. The fraction of sp³-hybridized carbons (Fsp3) is 0.0800. The molecule has 0 amide bonds. The molecule has 0 saturated heterocycles. The van der Waals surface area contributed by atoms with Crippen molar-refractivity contribution in [2.24, 2.45) is 0 Å². The normalized spacial score (nSPS) is 14.1. The number of carbonyl (C=O) groups is 2. The molecule has 0 radical (unpaired) electrons. The van der Waals surface area contributed by atoms with Crippen LogP contribution in [0.15, 0.2) is 89.5 Å². The van der Waals surface area contributed by atoms with E-state index in [1.54, 1.807) is 48.5 Å². The number of hydrogen-bond donors (Lipinski definition) is 0. The van der Waals surface area contributed by atoms with E-state index in [1.165, 1.54) is 43.5 Å². The number of methoxy groups -OCH3 is 1. The van der Waals surface area contributed by atoms with Crippen LogP contribution in [0.3, 0.4) is 0 Å². The molecule has 0 bridgehead atoms. The van der Waals surface area contributed by atoms with Gasteiger partial charge in [-0.2, -0.15) is 5.26 Å². The van der Waals surface area contributed by atoms with Gasteiger partial charge in [-0.1, -0.05) is 54.6 Å². The van der Waals surface area contributed by atoms with Crippen LogP contribution in [0.5, 0.6) is 5.75 Å². The van der Waals surface area contributed by atoms with Crippen molar-refractivity contribution in [3.8, 4) is 11.8 Å². The molecular formula is C25H18N2O6S. The summed E-state index contributed by atoms with van der Waals surface area (Å²) in [4.78, 5) is 26.5. The second-order valence-corrected chi connectivity index (χ2v) is 8.96. The molecule has 170 valence electrons. The fourth-order valence-corrected chi connectivity index (χ4v) is 5.15. The van der Waals surface area contributed by atoms with Crippen LogP contribution in [0.1, 0.15) is 26.3 Å². The van der Waals surface area contributed by atoms with E-state index < -0.39 is 34.0 Å². The monoisotopic (exact) mass is 474 g/mol. The molecule has 4 rings (SSSR count). The predicted molar refractivity (Wildman–Crippen MR) is 122 cm³/mol. The summed E-state index contributed by atoms with van der Waals surface area (Å²) >= 11 is 0. The molecule has 0 saturated carbocycles. The summed E-state index contributed by atoms with van der Waals surface area (Å²) in [5.41, 5.74) is -0.128. The minimum absolute atomic E-state index is 0.0409. The maximum absolute atomic E-state index is 13.5. The lowest BCUT2D eigenvalue weighted by molar-refractivity contribution is 0.0682. The van der Waals surface area contributed by atoms with Crippen molar-refractivity contribution in [1.29, 1.82) is 5.26 Å². The number of sulfonamides is 1. The Hall–Kier alpha value is -4.42. The molecule has 0 fully saturated rings. The SMILES string of the molecule is COc1ccccc1C(=O)OC1=C(C(=O)c2ccccc2)N(CC#N)S(=O)(=O)c2ccccc21. The number of nitrogens with zero attached hydrogens (tertiary/aromatic N) is 2. The van der Waals surface area contributed by atoms with Crippen molar-refractivity contribution in [1.82, 2.24) is 4.31 Å². The third kappa shape index (κ3) is 3.91. The number of esters is 1. The van der Waals surface area contributed by atoms with E-state index in [-0.39, 0.29) is 33.1 Å². The highest BCUT2D eigenvalue weighted by molar-refractivity contribution is 7.89. The first-order valence-electron chi connectivity index (χ1n) is 10.1. The molecule has 3 aromatic rings. The minimum Gasteiger partial charge on any atom is -0.496 e. The van der Waals surface area contributed by atoms with Gasteiger partial charge < -0.3 is 9.47 Å². The van der Waals surface area contributed by atoms with Crippen molar-refractivity contribution in [2.75, 3.05) is 13.7 Å². The summed E-state index contributed by atoms with van der Waals surface area (Å²) in [5, 5.41) is 9.37. The number of Topliss-reactive ketones (excluding diaryl/α,β-unsaturated/α-hetero) is 1. The molecule has 0 spiro atoms. The zero-order valence-electron chi connectivity index (χ0n) is 18.0. The van der Waals surface area contributed by atoms with Crippen LogP contribution in [0.2, 0.25) is 0 Å². The van der Waals surface area contributed by atoms with Crippen LogP contribution >= 0.6 is 0 Å². The summed E-state index contributed by atoms with van der Waals surface area (Å²) < 4.78 is 38.3. The Bertz CT molecular complexity index is 1460. The number of fused-ring (bicyclic) bond motifs is 1. The molecule has 0 aliphatic carbocycles. The lowest BCUT2D eigenvalue weighted by Crippen LogP contribution is -2.39. The smallest absolute Gasteiger partial charge is 0.347 e. The van der Waals surface area contributed by atoms with Gasteiger partial charge in [-0.25, -0.2) is 17.5 Å². The molecule has 34 heavy (non-hydrogen) atoms. The summed E-state index contributed by atoms with van der Waals surface area (Å²) in [7, 11) is -2.88. The highest BCUT2D eigenvalue weighted by Gasteiger charge is 2.42. The third-order valence-corrected chi connectivity index (χ3v) is 6.95. The summed E-state index contributed by atoms with van der Waals surface area (Å²) in [6.45, 7) is -0.652. The van der Waals surface area contributed by atoms with E-state index in [4.69, 9.17) is 9.47 Å². The second kappa shape index (κ2) is 9.21. The summed E-state index contributed by atoms with van der Waals surface area (Å²) in [6.07, 6.45) is 0. The van der Waals surface area contributed by atoms with Crippen LogP contribution in [0.25, 0.3) is 5.76 Å². The molecule has 1 aliphatic heterocycles. The van der Waals surface area contributed by atoms with Gasteiger partial charge in [0.2, 0.25) is 5.78 Å². The van der Waals surface area contributed by atoms with Crippen LogP contribution in [0.4, 0.5) is 0 Å². The van der Waals surface area contributed by atoms with Gasteiger partial charge in [-0.15, -0.1) is 0 Å². The van der Waals surface area contributed by atoms with Gasteiger partial charge in [0.1, 0.15) is 23.6 Å².